The Kier molecular flexibility index (Phi) is 8.52. The first-order chi connectivity index (χ1) is 14.3. The van der Waals surface area contributed by atoms with Crippen LogP contribution in [0.4, 0.5) is 5.69 Å². The summed E-state index contributed by atoms with van der Waals surface area (Å²) in [5.41, 5.74) is 3.75. The van der Waals surface area contributed by atoms with Crippen molar-refractivity contribution >= 4 is 46.3 Å². The van der Waals surface area contributed by atoms with Gasteiger partial charge < -0.3 is 9.64 Å². The Morgan fingerprint density at radius 3 is 2.37 bits per heavy atom. The summed E-state index contributed by atoms with van der Waals surface area (Å²) in [4.78, 5) is 4.62. The van der Waals surface area contributed by atoms with E-state index in [-0.39, 0.29) is 0 Å². The minimum Gasteiger partial charge on any atom is -0.493 e. The fourth-order valence-electron chi connectivity index (χ4n) is 2.95. The molecule has 6 heteroatoms. The van der Waals surface area contributed by atoms with Crippen LogP contribution in [-0.2, 0) is 0 Å². The monoisotopic (exact) mass is 460 g/mol. The van der Waals surface area contributed by atoms with Crippen LogP contribution in [0.25, 0.3) is 4.91 Å². The number of rotatable bonds is 9. The van der Waals surface area contributed by atoms with Gasteiger partial charge in [0.05, 0.1) is 15.7 Å². The van der Waals surface area contributed by atoms with Crippen LogP contribution < -0.4 is 13.8 Å². The van der Waals surface area contributed by atoms with E-state index in [9.17, 15) is 0 Å². The van der Waals surface area contributed by atoms with Crippen molar-refractivity contribution in [1.29, 1.82) is 0 Å². The third-order valence-electron chi connectivity index (χ3n) is 4.89. The van der Waals surface area contributed by atoms with Gasteiger partial charge in [0, 0.05) is 30.2 Å². The first kappa shape index (κ1) is 23.5. The fourth-order valence-corrected chi connectivity index (χ4v) is 6.26. The molecule has 0 aromatic heterocycles. The number of hydrogen-bond donors (Lipinski definition) is 1. The molecule has 3 nitrogen and oxygen atoms in total. The molecule has 0 amide bonds. The van der Waals surface area contributed by atoms with Crippen LogP contribution in [0.1, 0.15) is 51.2 Å². The van der Waals surface area contributed by atoms with E-state index in [2.05, 4.69) is 93.3 Å². The van der Waals surface area contributed by atoms with E-state index < -0.39 is 0 Å². The molecule has 0 saturated carbocycles. The first-order valence-corrected chi connectivity index (χ1v) is 12.9. The molecular weight excluding hydrogens is 428 g/mol. The van der Waals surface area contributed by atoms with Gasteiger partial charge in [-0.3, -0.25) is 0 Å². The predicted molar refractivity (Wildman–Crippen MR) is 137 cm³/mol. The van der Waals surface area contributed by atoms with Crippen LogP contribution >= 0.6 is 35.7 Å². The highest BCUT2D eigenvalue weighted by Gasteiger charge is 2.23. The molecule has 162 valence electrons. The van der Waals surface area contributed by atoms with Crippen LogP contribution in [0.5, 0.6) is 5.75 Å². The Labute approximate surface area is 194 Å². The molecule has 30 heavy (non-hydrogen) atoms. The molecule has 0 unspecified atom stereocenters. The summed E-state index contributed by atoms with van der Waals surface area (Å²) in [7, 11) is 4.14. The van der Waals surface area contributed by atoms with E-state index in [0.717, 1.165) is 18.8 Å². The summed E-state index contributed by atoms with van der Waals surface area (Å²) < 4.78 is 10.9. The van der Waals surface area contributed by atoms with Gasteiger partial charge in [0.25, 0.3) is 0 Å². The summed E-state index contributed by atoms with van der Waals surface area (Å²) in [5, 5.41) is 0. The number of anilines is 1. The van der Waals surface area contributed by atoms with Crippen LogP contribution in [-0.4, -0.2) is 20.7 Å². The zero-order chi connectivity index (χ0) is 21.7. The molecule has 0 radical (unpaired) electrons. The third kappa shape index (κ3) is 6.16. The second kappa shape index (κ2) is 10.9. The van der Waals surface area contributed by atoms with Gasteiger partial charge in [0.1, 0.15) is 5.75 Å². The number of ether oxygens (including phenoxy) is 1. The number of benzene rings is 2. The van der Waals surface area contributed by atoms with Gasteiger partial charge >= 0.3 is 0 Å². The first-order valence-electron chi connectivity index (χ1n) is 10.4. The molecule has 3 rings (SSSR count). The maximum absolute atomic E-state index is 6.24. The summed E-state index contributed by atoms with van der Waals surface area (Å²) in [5.74, 6) is 2.10. The Balaban J connectivity index is 1.90. The van der Waals surface area contributed by atoms with Crippen LogP contribution in [0.3, 0.4) is 0 Å². The van der Waals surface area contributed by atoms with E-state index in [1.165, 1.54) is 30.9 Å². The summed E-state index contributed by atoms with van der Waals surface area (Å²) in [6, 6.07) is 15.4. The summed E-state index contributed by atoms with van der Waals surface area (Å²) in [6.07, 6.45) is 1.06. The van der Waals surface area contributed by atoms with Gasteiger partial charge in [0.15, 0.2) is 0 Å². The average molecular weight is 461 g/mol. The lowest BCUT2D eigenvalue weighted by Crippen LogP contribution is -2.07. The molecule has 1 N–H and O–H groups in total. The maximum Gasteiger partial charge on any atom is 0.127 e. The van der Waals surface area contributed by atoms with Crippen molar-refractivity contribution in [2.24, 2.45) is 5.92 Å². The van der Waals surface area contributed by atoms with E-state index in [4.69, 9.17) is 4.74 Å². The average Bonchev–Trinajstić information content (AvgIpc) is 3.16. The Morgan fingerprint density at radius 1 is 1.00 bits per heavy atom. The smallest absolute Gasteiger partial charge is 0.127 e. The molecule has 0 bridgehead atoms. The molecule has 0 aliphatic carbocycles. The maximum atomic E-state index is 6.24. The molecule has 0 fully saturated rings. The van der Waals surface area contributed by atoms with Crippen molar-refractivity contribution in [3.05, 3.63) is 57.8 Å². The van der Waals surface area contributed by atoms with Gasteiger partial charge in [-0.15, -0.1) is 0 Å². The molecule has 2 aromatic rings. The topological polar surface area (TPSA) is 24.5 Å². The lowest BCUT2D eigenvalue weighted by atomic mass is 10.00. The van der Waals surface area contributed by atoms with Crippen molar-refractivity contribution in [1.82, 2.24) is 4.13 Å². The number of thioether (sulfide) groups is 1. The second-order valence-electron chi connectivity index (χ2n) is 8.34. The Morgan fingerprint density at radius 2 is 1.73 bits per heavy atom. The lowest BCUT2D eigenvalue weighted by molar-refractivity contribution is 0.289. The van der Waals surface area contributed by atoms with Crippen molar-refractivity contribution in [2.75, 3.05) is 25.6 Å². The van der Waals surface area contributed by atoms with Gasteiger partial charge in [-0.1, -0.05) is 45.5 Å². The molecule has 0 atom stereocenters. The highest BCUT2D eigenvalue weighted by Crippen LogP contribution is 2.51. The van der Waals surface area contributed by atoms with Crippen LogP contribution in [0, 0.1) is 5.92 Å². The summed E-state index contributed by atoms with van der Waals surface area (Å²) in [6.45, 7) is 9.70. The van der Waals surface area contributed by atoms with Crippen molar-refractivity contribution in [3.8, 4) is 5.75 Å². The quantitative estimate of drug-likeness (QED) is 0.386. The van der Waals surface area contributed by atoms with E-state index in [1.807, 2.05) is 11.8 Å². The normalized spacial score (nSPS) is 14.1. The van der Waals surface area contributed by atoms with Crippen molar-refractivity contribution in [2.45, 2.75) is 44.9 Å². The summed E-state index contributed by atoms with van der Waals surface area (Å²) >= 11 is 5.19. The second-order valence-corrected chi connectivity index (χ2v) is 11.6. The highest BCUT2D eigenvalue weighted by molar-refractivity contribution is 8.31. The molecular formula is C24H32N2OS3. The molecule has 1 aliphatic rings. The van der Waals surface area contributed by atoms with Gasteiger partial charge in [0.2, 0.25) is 0 Å². The van der Waals surface area contributed by atoms with Gasteiger partial charge in [-0.2, -0.15) is 4.13 Å². The molecule has 2 aromatic carbocycles. The Bertz CT molecular complexity index is 877. The van der Waals surface area contributed by atoms with Crippen molar-refractivity contribution in [3.63, 3.8) is 0 Å². The Hall–Kier alpha value is -1.21. The lowest BCUT2D eigenvalue weighted by Gasteiger charge is -2.16. The zero-order valence-electron chi connectivity index (χ0n) is 18.7. The van der Waals surface area contributed by atoms with Gasteiger partial charge in [-0.05, 0) is 84.1 Å². The van der Waals surface area contributed by atoms with Crippen LogP contribution in [0.2, 0.25) is 0 Å². The third-order valence-corrected chi connectivity index (χ3v) is 8.23. The van der Waals surface area contributed by atoms with Crippen molar-refractivity contribution < 1.29 is 4.74 Å². The molecule has 1 aliphatic heterocycles. The number of nitrogens with one attached hydrogen (secondary N) is 1. The van der Waals surface area contributed by atoms with E-state index >= 15 is 0 Å². The minimum atomic E-state index is 0.482. The van der Waals surface area contributed by atoms with Crippen LogP contribution in [0.15, 0.2) is 51.6 Å². The number of hydrogen-bond acceptors (Lipinski definition) is 6. The van der Waals surface area contributed by atoms with E-state index in [0.29, 0.717) is 11.8 Å². The SMILES string of the molecule is CC(C)CCOc1ccc(C(C)C)cc1C1=C(Sc2ccc(N(C)C)cc2)SNS1. The molecule has 0 spiro atoms. The standard InChI is InChI=1S/C24H32N2OS3/c1-16(2)13-14-27-22-12-7-18(17(3)4)15-21(22)23-24(30-25-29-23)28-20-10-8-19(9-11-20)26(5)6/h7-12,15-17,25H,13-14H2,1-6H3. The highest BCUT2D eigenvalue weighted by atomic mass is 32.2. The number of nitrogens with zero attached hydrogens (tertiary/aromatic N) is 1. The largest absolute Gasteiger partial charge is 0.493 e. The van der Waals surface area contributed by atoms with E-state index in [1.54, 1.807) is 23.9 Å². The fraction of sp³-hybridized carbons (Fsp3) is 0.417. The van der Waals surface area contributed by atoms with Gasteiger partial charge in [-0.25, -0.2) is 0 Å². The molecule has 1 heterocycles. The molecule has 0 saturated heterocycles. The predicted octanol–water partition coefficient (Wildman–Crippen LogP) is 7.62. The zero-order valence-corrected chi connectivity index (χ0v) is 21.1. The minimum absolute atomic E-state index is 0.482.